The monoisotopic (exact) mass is 419 g/mol. The van der Waals surface area contributed by atoms with Crippen molar-refractivity contribution in [3.8, 4) is 0 Å². The van der Waals surface area contributed by atoms with Crippen LogP contribution in [-0.2, 0) is 19.6 Å². The summed E-state index contributed by atoms with van der Waals surface area (Å²) in [6.07, 6.45) is 6.69. The summed E-state index contributed by atoms with van der Waals surface area (Å²) >= 11 is 0. The SMILES string of the molecule is O=C(CC1CCCC1)N1CCN(S(=O)(=O)c2ccc(N3CCCC3=O)cc2)CC1. The quantitative estimate of drug-likeness (QED) is 0.733. The van der Waals surface area contributed by atoms with Crippen LogP contribution in [0.4, 0.5) is 5.69 Å². The first-order valence-electron chi connectivity index (χ1n) is 10.6. The Balaban J connectivity index is 1.36. The van der Waals surface area contributed by atoms with Gasteiger partial charge in [-0.25, -0.2) is 8.42 Å². The van der Waals surface area contributed by atoms with E-state index >= 15 is 0 Å². The van der Waals surface area contributed by atoms with Gasteiger partial charge in [-0.1, -0.05) is 12.8 Å². The number of carbonyl (C=O) groups excluding carboxylic acids is 2. The number of hydrogen-bond donors (Lipinski definition) is 0. The van der Waals surface area contributed by atoms with Crippen LogP contribution in [0.3, 0.4) is 0 Å². The number of carbonyl (C=O) groups is 2. The molecule has 2 saturated heterocycles. The van der Waals surface area contributed by atoms with Gasteiger partial charge in [0.15, 0.2) is 0 Å². The summed E-state index contributed by atoms with van der Waals surface area (Å²) in [6, 6.07) is 6.57. The Labute approximate surface area is 172 Å². The number of amides is 2. The van der Waals surface area contributed by atoms with E-state index in [4.69, 9.17) is 0 Å². The number of anilines is 1. The van der Waals surface area contributed by atoms with Crippen LogP contribution in [-0.4, -0.2) is 62.2 Å². The summed E-state index contributed by atoms with van der Waals surface area (Å²) in [7, 11) is -3.60. The highest BCUT2D eigenvalue weighted by Gasteiger charge is 2.31. The Kier molecular flexibility index (Phi) is 5.92. The Morgan fingerprint density at radius 3 is 2.17 bits per heavy atom. The molecule has 0 spiro atoms. The van der Waals surface area contributed by atoms with Gasteiger partial charge in [0.25, 0.3) is 0 Å². The molecule has 1 aromatic carbocycles. The fourth-order valence-corrected chi connectivity index (χ4v) is 6.06. The average Bonchev–Trinajstić information content (AvgIpc) is 3.40. The van der Waals surface area contributed by atoms with Crippen LogP contribution in [0.15, 0.2) is 29.2 Å². The van der Waals surface area contributed by atoms with E-state index in [1.165, 1.54) is 17.1 Å². The molecule has 0 radical (unpaired) electrons. The minimum Gasteiger partial charge on any atom is -0.340 e. The third-order valence-corrected chi connectivity index (χ3v) is 8.30. The Bertz CT molecular complexity index is 854. The summed E-state index contributed by atoms with van der Waals surface area (Å²) in [5.41, 5.74) is 0.744. The van der Waals surface area contributed by atoms with Crippen LogP contribution in [0, 0.1) is 5.92 Å². The predicted octanol–water partition coefficient (Wildman–Crippen LogP) is 2.23. The zero-order valence-electron chi connectivity index (χ0n) is 16.8. The van der Waals surface area contributed by atoms with Crippen LogP contribution in [0.2, 0.25) is 0 Å². The maximum atomic E-state index is 13.0. The molecule has 3 fully saturated rings. The van der Waals surface area contributed by atoms with Gasteiger partial charge < -0.3 is 9.80 Å². The number of hydrogen-bond acceptors (Lipinski definition) is 4. The first-order chi connectivity index (χ1) is 13.9. The van der Waals surface area contributed by atoms with Crippen LogP contribution >= 0.6 is 0 Å². The predicted molar refractivity (Wildman–Crippen MR) is 110 cm³/mol. The standard InChI is InChI=1S/C21H29N3O4S/c25-20-6-3-11-24(20)18-7-9-19(10-8-18)29(27,28)23-14-12-22(13-15-23)21(26)16-17-4-1-2-5-17/h7-10,17H,1-6,11-16H2. The van der Waals surface area contributed by atoms with Gasteiger partial charge in [-0.05, 0) is 49.4 Å². The molecule has 0 unspecified atom stereocenters. The second-order valence-corrected chi connectivity index (χ2v) is 10.2. The van der Waals surface area contributed by atoms with E-state index < -0.39 is 10.0 Å². The zero-order valence-corrected chi connectivity index (χ0v) is 17.6. The second-order valence-electron chi connectivity index (χ2n) is 8.28. The smallest absolute Gasteiger partial charge is 0.243 e. The van der Waals surface area contributed by atoms with Crippen molar-refractivity contribution in [3.63, 3.8) is 0 Å². The molecule has 2 amide bonds. The molecule has 4 rings (SSSR count). The van der Waals surface area contributed by atoms with Gasteiger partial charge in [0.05, 0.1) is 4.90 Å². The Morgan fingerprint density at radius 2 is 1.59 bits per heavy atom. The van der Waals surface area contributed by atoms with Gasteiger partial charge in [0, 0.05) is 51.3 Å². The maximum Gasteiger partial charge on any atom is 0.243 e. The van der Waals surface area contributed by atoms with Gasteiger partial charge in [0.1, 0.15) is 0 Å². The Hall–Kier alpha value is -1.93. The normalized spacial score (nSPS) is 21.9. The molecule has 2 aliphatic heterocycles. The van der Waals surface area contributed by atoms with Gasteiger partial charge in [-0.15, -0.1) is 0 Å². The van der Waals surface area contributed by atoms with Crippen molar-refractivity contribution in [3.05, 3.63) is 24.3 Å². The molecule has 1 aromatic rings. The number of benzene rings is 1. The summed E-state index contributed by atoms with van der Waals surface area (Å²) in [5.74, 6) is 0.748. The van der Waals surface area contributed by atoms with Crippen molar-refractivity contribution >= 4 is 27.5 Å². The van der Waals surface area contributed by atoms with Crippen molar-refractivity contribution in [2.24, 2.45) is 5.92 Å². The van der Waals surface area contributed by atoms with E-state index in [1.54, 1.807) is 29.2 Å². The largest absolute Gasteiger partial charge is 0.340 e. The molecule has 7 nitrogen and oxygen atoms in total. The van der Waals surface area contributed by atoms with Gasteiger partial charge >= 0.3 is 0 Å². The number of piperazine rings is 1. The molecule has 158 valence electrons. The van der Waals surface area contributed by atoms with E-state index in [-0.39, 0.29) is 16.7 Å². The molecule has 0 N–H and O–H groups in total. The molecule has 8 heteroatoms. The van der Waals surface area contributed by atoms with Crippen molar-refractivity contribution in [2.45, 2.75) is 49.8 Å². The minimum absolute atomic E-state index is 0.0824. The molecule has 3 aliphatic rings. The third-order valence-electron chi connectivity index (χ3n) is 6.39. The van der Waals surface area contributed by atoms with Crippen molar-refractivity contribution in [1.29, 1.82) is 0 Å². The van der Waals surface area contributed by atoms with Crippen LogP contribution in [0.25, 0.3) is 0 Å². The molecular weight excluding hydrogens is 390 g/mol. The lowest BCUT2D eigenvalue weighted by Crippen LogP contribution is -2.50. The Morgan fingerprint density at radius 1 is 0.931 bits per heavy atom. The second kappa shape index (κ2) is 8.44. The van der Waals surface area contributed by atoms with E-state index in [9.17, 15) is 18.0 Å². The van der Waals surface area contributed by atoms with Gasteiger partial charge in [-0.2, -0.15) is 4.31 Å². The van der Waals surface area contributed by atoms with E-state index in [0.29, 0.717) is 51.5 Å². The van der Waals surface area contributed by atoms with E-state index in [0.717, 1.165) is 24.9 Å². The van der Waals surface area contributed by atoms with E-state index in [2.05, 4.69) is 0 Å². The highest BCUT2D eigenvalue weighted by atomic mass is 32.2. The molecule has 29 heavy (non-hydrogen) atoms. The number of rotatable bonds is 5. The lowest BCUT2D eigenvalue weighted by Gasteiger charge is -2.34. The zero-order chi connectivity index (χ0) is 20.4. The lowest BCUT2D eigenvalue weighted by atomic mass is 10.0. The molecule has 2 heterocycles. The molecule has 1 aliphatic carbocycles. The summed E-state index contributed by atoms with van der Waals surface area (Å²) < 4.78 is 27.4. The first kappa shape index (κ1) is 20.3. The fraction of sp³-hybridized carbons (Fsp3) is 0.619. The lowest BCUT2D eigenvalue weighted by molar-refractivity contribution is -0.133. The highest BCUT2D eigenvalue weighted by Crippen LogP contribution is 2.29. The van der Waals surface area contributed by atoms with Crippen molar-refractivity contribution < 1.29 is 18.0 Å². The van der Waals surface area contributed by atoms with Crippen LogP contribution < -0.4 is 4.90 Å². The van der Waals surface area contributed by atoms with Crippen LogP contribution in [0.5, 0.6) is 0 Å². The summed E-state index contributed by atoms with van der Waals surface area (Å²) in [5, 5.41) is 0. The van der Waals surface area contributed by atoms with Gasteiger partial charge in [0.2, 0.25) is 21.8 Å². The number of nitrogens with zero attached hydrogens (tertiary/aromatic N) is 3. The number of sulfonamides is 1. The first-order valence-corrected chi connectivity index (χ1v) is 12.1. The van der Waals surface area contributed by atoms with Gasteiger partial charge in [-0.3, -0.25) is 9.59 Å². The topological polar surface area (TPSA) is 78.0 Å². The van der Waals surface area contributed by atoms with E-state index in [1.807, 2.05) is 4.90 Å². The molecular formula is C21H29N3O4S. The highest BCUT2D eigenvalue weighted by molar-refractivity contribution is 7.89. The molecule has 0 aromatic heterocycles. The summed E-state index contributed by atoms with van der Waals surface area (Å²) in [6.45, 7) is 2.23. The molecule has 0 atom stereocenters. The van der Waals surface area contributed by atoms with Crippen molar-refractivity contribution in [2.75, 3.05) is 37.6 Å². The van der Waals surface area contributed by atoms with Crippen molar-refractivity contribution in [1.82, 2.24) is 9.21 Å². The van der Waals surface area contributed by atoms with Crippen LogP contribution in [0.1, 0.15) is 44.9 Å². The maximum absolute atomic E-state index is 13.0. The molecule has 1 saturated carbocycles. The average molecular weight is 420 g/mol. The fourth-order valence-electron chi connectivity index (χ4n) is 4.64. The summed E-state index contributed by atoms with van der Waals surface area (Å²) in [4.78, 5) is 28.1. The molecule has 0 bridgehead atoms. The minimum atomic E-state index is -3.60. The third kappa shape index (κ3) is 4.33.